The molecule has 0 radical (unpaired) electrons. The molecule has 1 rings (SSSR count). The van der Waals surface area contributed by atoms with Crippen LogP contribution in [0.25, 0.3) is 0 Å². The van der Waals surface area contributed by atoms with Gasteiger partial charge in [-0.15, -0.1) is 0 Å². The summed E-state index contributed by atoms with van der Waals surface area (Å²) in [6, 6.07) is 5.68. The number of alkyl halides is 3. The summed E-state index contributed by atoms with van der Waals surface area (Å²) >= 11 is 0. The lowest BCUT2D eigenvalue weighted by atomic mass is 10.1. The van der Waals surface area contributed by atoms with E-state index in [1.807, 2.05) is 32.0 Å². The first-order valence-electron chi connectivity index (χ1n) is 5.15. The second-order valence-electron chi connectivity index (χ2n) is 3.84. The number of aryl methyl sites for hydroxylation is 2. The van der Waals surface area contributed by atoms with Gasteiger partial charge in [0.05, 0.1) is 6.61 Å². The van der Waals surface area contributed by atoms with Crippen LogP contribution in [-0.4, -0.2) is 12.8 Å². The number of rotatable bonds is 4. The van der Waals surface area contributed by atoms with Gasteiger partial charge in [-0.05, 0) is 37.5 Å². The lowest BCUT2D eigenvalue weighted by Crippen LogP contribution is -2.10. The van der Waals surface area contributed by atoms with Crippen molar-refractivity contribution < 1.29 is 17.9 Å². The first-order valence-corrected chi connectivity index (χ1v) is 5.15. The van der Waals surface area contributed by atoms with Gasteiger partial charge in [0.1, 0.15) is 5.75 Å². The Bertz CT molecular complexity index is 345. The topological polar surface area (TPSA) is 9.23 Å². The first-order chi connectivity index (χ1) is 7.38. The number of hydrogen-bond acceptors (Lipinski definition) is 1. The molecule has 0 aliphatic heterocycles. The minimum Gasteiger partial charge on any atom is -0.493 e. The molecule has 0 heterocycles. The average Bonchev–Trinajstić information content (AvgIpc) is 2.16. The Morgan fingerprint density at radius 1 is 1.19 bits per heavy atom. The Kier molecular flexibility index (Phi) is 4.21. The minimum atomic E-state index is -4.09. The zero-order chi connectivity index (χ0) is 12.2. The van der Waals surface area contributed by atoms with Crippen molar-refractivity contribution in [3.8, 4) is 5.75 Å². The van der Waals surface area contributed by atoms with Gasteiger partial charge < -0.3 is 4.74 Å². The van der Waals surface area contributed by atoms with E-state index in [0.29, 0.717) is 5.75 Å². The summed E-state index contributed by atoms with van der Waals surface area (Å²) in [5, 5.41) is 0. The highest BCUT2D eigenvalue weighted by Gasteiger charge is 2.26. The van der Waals surface area contributed by atoms with Gasteiger partial charge in [-0.1, -0.05) is 12.1 Å². The predicted molar refractivity (Wildman–Crippen MR) is 56.7 cm³/mol. The van der Waals surface area contributed by atoms with Gasteiger partial charge in [0.25, 0.3) is 0 Å². The molecule has 90 valence electrons. The van der Waals surface area contributed by atoms with Crippen LogP contribution in [0.1, 0.15) is 24.0 Å². The Balaban J connectivity index is 2.40. The van der Waals surface area contributed by atoms with E-state index < -0.39 is 12.6 Å². The molecule has 0 unspecified atom stereocenters. The maximum atomic E-state index is 11.9. The molecule has 0 atom stereocenters. The highest BCUT2D eigenvalue weighted by molar-refractivity contribution is 5.35. The molecule has 1 nitrogen and oxygen atoms in total. The van der Waals surface area contributed by atoms with Crippen molar-refractivity contribution in [2.45, 2.75) is 32.9 Å². The van der Waals surface area contributed by atoms with Crippen molar-refractivity contribution in [3.05, 3.63) is 29.3 Å². The molecule has 1 aromatic rings. The Labute approximate surface area is 93.2 Å². The van der Waals surface area contributed by atoms with Crippen LogP contribution in [0.3, 0.4) is 0 Å². The fraction of sp³-hybridized carbons (Fsp3) is 0.500. The predicted octanol–water partition coefficient (Wildman–Crippen LogP) is 4.02. The van der Waals surface area contributed by atoms with Gasteiger partial charge in [-0.3, -0.25) is 0 Å². The monoisotopic (exact) mass is 232 g/mol. The van der Waals surface area contributed by atoms with Crippen LogP contribution < -0.4 is 4.74 Å². The molecule has 0 saturated heterocycles. The molecule has 4 heteroatoms. The van der Waals surface area contributed by atoms with E-state index in [0.717, 1.165) is 11.1 Å². The summed E-state index contributed by atoms with van der Waals surface area (Å²) in [7, 11) is 0. The molecule has 0 bridgehead atoms. The van der Waals surface area contributed by atoms with Gasteiger partial charge >= 0.3 is 6.18 Å². The average molecular weight is 232 g/mol. The summed E-state index contributed by atoms with van der Waals surface area (Å²) < 4.78 is 40.9. The maximum absolute atomic E-state index is 11.9. The van der Waals surface area contributed by atoms with Crippen LogP contribution >= 0.6 is 0 Å². The zero-order valence-corrected chi connectivity index (χ0v) is 9.40. The van der Waals surface area contributed by atoms with Crippen LogP contribution in [-0.2, 0) is 0 Å². The van der Waals surface area contributed by atoms with E-state index in [1.165, 1.54) is 0 Å². The number of benzene rings is 1. The Morgan fingerprint density at radius 3 is 2.50 bits per heavy atom. The van der Waals surface area contributed by atoms with Gasteiger partial charge in [-0.25, -0.2) is 0 Å². The second-order valence-corrected chi connectivity index (χ2v) is 3.84. The van der Waals surface area contributed by atoms with E-state index in [9.17, 15) is 13.2 Å². The van der Waals surface area contributed by atoms with Crippen LogP contribution in [0.15, 0.2) is 18.2 Å². The first kappa shape index (κ1) is 12.9. The van der Waals surface area contributed by atoms with Gasteiger partial charge in [0.2, 0.25) is 0 Å². The zero-order valence-electron chi connectivity index (χ0n) is 9.40. The maximum Gasteiger partial charge on any atom is 0.389 e. The molecule has 16 heavy (non-hydrogen) atoms. The second kappa shape index (κ2) is 5.23. The van der Waals surface area contributed by atoms with Crippen molar-refractivity contribution in [3.63, 3.8) is 0 Å². The molecular weight excluding hydrogens is 217 g/mol. The molecule has 0 saturated carbocycles. The van der Waals surface area contributed by atoms with Gasteiger partial charge in [0.15, 0.2) is 0 Å². The molecule has 0 amide bonds. The number of ether oxygens (including phenoxy) is 1. The smallest absolute Gasteiger partial charge is 0.389 e. The van der Waals surface area contributed by atoms with Gasteiger partial charge in [-0.2, -0.15) is 13.2 Å². The SMILES string of the molecule is Cc1ccc(C)c(OCCCC(F)(F)F)c1. The number of halogens is 3. The minimum absolute atomic E-state index is 0.00309. The normalized spacial score (nSPS) is 11.6. The van der Waals surface area contributed by atoms with Crippen molar-refractivity contribution in [1.29, 1.82) is 0 Å². The lowest BCUT2D eigenvalue weighted by molar-refractivity contribution is -0.136. The summed E-state index contributed by atoms with van der Waals surface area (Å²) in [6.45, 7) is 3.89. The lowest BCUT2D eigenvalue weighted by Gasteiger charge is -2.10. The Hall–Kier alpha value is -1.19. The molecule has 1 aromatic carbocycles. The molecule has 0 fully saturated rings. The molecular formula is C12H15F3O. The highest BCUT2D eigenvalue weighted by atomic mass is 19.4. The van der Waals surface area contributed by atoms with Gasteiger partial charge in [0, 0.05) is 6.42 Å². The van der Waals surface area contributed by atoms with E-state index in [4.69, 9.17) is 4.74 Å². The van der Waals surface area contributed by atoms with E-state index in [-0.39, 0.29) is 13.0 Å². The fourth-order valence-electron chi connectivity index (χ4n) is 1.32. The summed E-state index contributed by atoms with van der Waals surface area (Å²) in [5.41, 5.74) is 1.98. The third-order valence-electron chi connectivity index (χ3n) is 2.21. The van der Waals surface area contributed by atoms with E-state index >= 15 is 0 Å². The molecule has 0 spiro atoms. The van der Waals surface area contributed by atoms with Crippen LogP contribution in [0.5, 0.6) is 5.75 Å². The summed E-state index contributed by atoms with van der Waals surface area (Å²) in [4.78, 5) is 0. The largest absolute Gasteiger partial charge is 0.493 e. The van der Waals surface area contributed by atoms with E-state index in [1.54, 1.807) is 0 Å². The standard InChI is InChI=1S/C12H15F3O/c1-9-4-5-10(2)11(8-9)16-7-3-6-12(13,14)15/h4-5,8H,3,6-7H2,1-2H3. The van der Waals surface area contributed by atoms with Crippen molar-refractivity contribution in [2.24, 2.45) is 0 Å². The third kappa shape index (κ3) is 4.55. The number of hydrogen-bond donors (Lipinski definition) is 0. The van der Waals surface area contributed by atoms with Crippen LogP contribution in [0.2, 0.25) is 0 Å². The van der Waals surface area contributed by atoms with Crippen molar-refractivity contribution in [2.75, 3.05) is 6.61 Å². The third-order valence-corrected chi connectivity index (χ3v) is 2.21. The molecule has 0 aliphatic rings. The fourth-order valence-corrected chi connectivity index (χ4v) is 1.32. The quantitative estimate of drug-likeness (QED) is 0.712. The Morgan fingerprint density at radius 2 is 1.88 bits per heavy atom. The summed E-state index contributed by atoms with van der Waals surface area (Å²) in [6.07, 6.45) is -4.89. The molecule has 0 aromatic heterocycles. The van der Waals surface area contributed by atoms with Crippen LogP contribution in [0, 0.1) is 13.8 Å². The van der Waals surface area contributed by atoms with Crippen molar-refractivity contribution >= 4 is 0 Å². The molecule has 0 N–H and O–H groups in total. The van der Waals surface area contributed by atoms with Crippen LogP contribution in [0.4, 0.5) is 13.2 Å². The molecule has 0 aliphatic carbocycles. The summed E-state index contributed by atoms with van der Waals surface area (Å²) in [5.74, 6) is 0.669. The van der Waals surface area contributed by atoms with E-state index in [2.05, 4.69) is 0 Å². The highest BCUT2D eigenvalue weighted by Crippen LogP contribution is 2.23. The van der Waals surface area contributed by atoms with Crippen molar-refractivity contribution in [1.82, 2.24) is 0 Å².